The molecular formula is C20H25N5O3. The number of carbonyl (C=O) groups is 2. The molecule has 2 aromatic rings. The maximum Gasteiger partial charge on any atom is 0.271 e. The lowest BCUT2D eigenvalue weighted by atomic mass is 10.1. The maximum atomic E-state index is 11.6. The number of nitrogens with one attached hydrogen (secondary N) is 1. The Hall–Kier alpha value is -3.15. The molecule has 0 fully saturated rings. The number of nitrogens with two attached hydrogens (primary N) is 1. The smallest absolute Gasteiger partial charge is 0.271 e. The predicted molar refractivity (Wildman–Crippen MR) is 107 cm³/mol. The molecule has 148 valence electrons. The van der Waals surface area contributed by atoms with Crippen LogP contribution < -0.4 is 11.1 Å². The van der Waals surface area contributed by atoms with Crippen molar-refractivity contribution < 1.29 is 14.7 Å². The summed E-state index contributed by atoms with van der Waals surface area (Å²) in [6.45, 7) is 3.53. The van der Waals surface area contributed by atoms with Crippen molar-refractivity contribution in [1.29, 1.82) is 0 Å². The Labute approximate surface area is 164 Å². The van der Waals surface area contributed by atoms with Crippen LogP contribution in [-0.2, 0) is 11.2 Å². The van der Waals surface area contributed by atoms with E-state index in [-0.39, 0.29) is 5.69 Å². The Kier molecular flexibility index (Phi) is 7.32. The van der Waals surface area contributed by atoms with Crippen LogP contribution in [0.2, 0.25) is 0 Å². The number of benzene rings is 1. The van der Waals surface area contributed by atoms with E-state index in [1.54, 1.807) is 4.68 Å². The van der Waals surface area contributed by atoms with Gasteiger partial charge in [0.1, 0.15) is 12.9 Å². The van der Waals surface area contributed by atoms with Gasteiger partial charge in [-0.2, -0.15) is 5.10 Å². The summed E-state index contributed by atoms with van der Waals surface area (Å²) in [6, 6.07) is 7.56. The number of aliphatic hydroxyl groups is 1. The van der Waals surface area contributed by atoms with E-state index in [0.717, 1.165) is 36.5 Å². The first-order chi connectivity index (χ1) is 13.5. The molecule has 1 atom stereocenters. The number of anilines is 1. The lowest BCUT2D eigenvalue weighted by Gasteiger charge is -2.09. The fourth-order valence-corrected chi connectivity index (χ4v) is 2.90. The van der Waals surface area contributed by atoms with Gasteiger partial charge in [-0.15, -0.1) is 0 Å². The van der Waals surface area contributed by atoms with Crippen molar-refractivity contribution in [1.82, 2.24) is 14.7 Å². The largest absolute Gasteiger partial charge is 0.381 e. The quantitative estimate of drug-likeness (QED) is 0.645. The first-order valence-electron chi connectivity index (χ1n) is 8.85. The predicted octanol–water partition coefficient (Wildman–Crippen LogP) is 0.418. The second-order valence-electron chi connectivity index (χ2n) is 6.55. The minimum Gasteiger partial charge on any atom is -0.381 e. The molecule has 8 nitrogen and oxygen atoms in total. The van der Waals surface area contributed by atoms with Crippen LogP contribution in [0, 0.1) is 11.8 Å². The van der Waals surface area contributed by atoms with Gasteiger partial charge in [-0.1, -0.05) is 17.9 Å². The minimum absolute atomic E-state index is 0.257. The van der Waals surface area contributed by atoms with Gasteiger partial charge in [0.25, 0.3) is 5.91 Å². The minimum atomic E-state index is -0.666. The highest BCUT2D eigenvalue weighted by Gasteiger charge is 2.25. The monoisotopic (exact) mass is 383 g/mol. The van der Waals surface area contributed by atoms with Gasteiger partial charge in [0, 0.05) is 25.1 Å². The van der Waals surface area contributed by atoms with E-state index in [4.69, 9.17) is 10.5 Å². The Morgan fingerprint density at radius 1 is 1.46 bits per heavy atom. The maximum absolute atomic E-state index is 11.6. The molecule has 1 aliphatic heterocycles. The van der Waals surface area contributed by atoms with E-state index in [1.165, 1.54) is 0 Å². The third kappa shape index (κ3) is 4.97. The number of aliphatic hydroxyl groups excluding tert-OH is 1. The number of nitrogens with zero attached hydrogens (tertiary/aromatic N) is 3. The number of aromatic nitrogens is 2. The average Bonchev–Trinajstić information content (AvgIpc) is 3.29. The molecule has 28 heavy (non-hydrogen) atoms. The summed E-state index contributed by atoms with van der Waals surface area (Å²) >= 11 is 0. The fraction of sp³-hybridized carbons (Fsp3) is 0.350. The second kappa shape index (κ2) is 9.69. The van der Waals surface area contributed by atoms with Gasteiger partial charge in [-0.25, -0.2) is 4.68 Å². The fourth-order valence-electron chi connectivity index (χ4n) is 2.90. The number of carbonyl (C=O) groups excluding carboxylic acids is 2. The van der Waals surface area contributed by atoms with E-state index in [1.807, 2.05) is 50.0 Å². The van der Waals surface area contributed by atoms with Crippen molar-refractivity contribution in [3.63, 3.8) is 0 Å². The van der Waals surface area contributed by atoms with Crippen LogP contribution in [0.25, 0.3) is 5.69 Å². The lowest BCUT2D eigenvalue weighted by Crippen LogP contribution is -2.18. The topological polar surface area (TPSA) is 113 Å². The van der Waals surface area contributed by atoms with Crippen LogP contribution in [-0.4, -0.2) is 65.8 Å². The Balaban J connectivity index is 0.00000136. The molecule has 0 radical (unpaired) electrons. The van der Waals surface area contributed by atoms with Crippen molar-refractivity contribution >= 4 is 18.4 Å². The third-order valence-corrected chi connectivity index (χ3v) is 4.20. The molecule has 0 bridgehead atoms. The molecule has 2 heterocycles. The number of primary amides is 1. The molecule has 0 aliphatic carbocycles. The van der Waals surface area contributed by atoms with Crippen molar-refractivity contribution in [2.75, 3.05) is 32.5 Å². The van der Waals surface area contributed by atoms with Crippen LogP contribution in [0.5, 0.6) is 0 Å². The molecule has 1 aliphatic rings. The molecule has 4 N–H and O–H groups in total. The molecule has 3 rings (SSSR count). The summed E-state index contributed by atoms with van der Waals surface area (Å²) in [6.07, 6.45) is 0.704. The van der Waals surface area contributed by atoms with Gasteiger partial charge in [0.15, 0.2) is 5.69 Å². The van der Waals surface area contributed by atoms with Crippen LogP contribution >= 0.6 is 0 Å². The van der Waals surface area contributed by atoms with Gasteiger partial charge in [0.2, 0.25) is 0 Å². The molecule has 0 saturated heterocycles. The van der Waals surface area contributed by atoms with Crippen molar-refractivity contribution in [3.8, 4) is 17.5 Å². The van der Waals surface area contributed by atoms with E-state index >= 15 is 0 Å². The van der Waals surface area contributed by atoms with Gasteiger partial charge in [0.05, 0.1) is 17.1 Å². The summed E-state index contributed by atoms with van der Waals surface area (Å²) in [5.41, 5.74) is 8.94. The van der Waals surface area contributed by atoms with E-state index in [0.29, 0.717) is 12.1 Å². The molecule has 1 amide bonds. The van der Waals surface area contributed by atoms with Gasteiger partial charge in [-0.05, 0) is 38.7 Å². The number of hydrogen-bond acceptors (Lipinski definition) is 6. The highest BCUT2D eigenvalue weighted by atomic mass is 16.3. The normalized spacial score (nSPS) is 12.9. The van der Waals surface area contributed by atoms with Crippen LogP contribution in [0.1, 0.15) is 28.2 Å². The summed E-state index contributed by atoms with van der Waals surface area (Å²) in [5.74, 6) is 5.33. The first kappa shape index (κ1) is 21.2. The van der Waals surface area contributed by atoms with Crippen LogP contribution in [0.4, 0.5) is 5.69 Å². The zero-order valence-corrected chi connectivity index (χ0v) is 16.1. The van der Waals surface area contributed by atoms with E-state index < -0.39 is 12.0 Å². The standard InChI is InChI=1S/C19H23N5O2.CH2O/c1-23(2)11-9-15(25)7-6-13-4-3-5-14(12-13)24-16-8-10-21-17(16)18(22-24)19(20)26;1-2/h3-5,12,15,21,25H,8-11H2,1-2H3,(H2,20,26);1H2/t15-;/m0./s1. The van der Waals surface area contributed by atoms with Crippen LogP contribution in [0.3, 0.4) is 0 Å². The summed E-state index contributed by atoms with van der Waals surface area (Å²) in [7, 11) is 3.92. The molecule has 0 unspecified atom stereocenters. The number of hydrogen-bond donors (Lipinski definition) is 3. The third-order valence-electron chi connectivity index (χ3n) is 4.20. The Morgan fingerprint density at radius 3 is 2.89 bits per heavy atom. The summed E-state index contributed by atoms with van der Waals surface area (Å²) in [5, 5.41) is 17.5. The molecule has 0 spiro atoms. The highest BCUT2D eigenvalue weighted by molar-refractivity contribution is 5.97. The zero-order chi connectivity index (χ0) is 20.7. The zero-order valence-electron chi connectivity index (χ0n) is 16.1. The first-order valence-corrected chi connectivity index (χ1v) is 8.85. The molecule has 1 aromatic heterocycles. The number of amides is 1. The van der Waals surface area contributed by atoms with Crippen molar-refractivity contribution in [2.45, 2.75) is 18.9 Å². The molecular weight excluding hydrogens is 358 g/mol. The van der Waals surface area contributed by atoms with E-state index in [9.17, 15) is 9.90 Å². The van der Waals surface area contributed by atoms with Crippen molar-refractivity contribution in [2.24, 2.45) is 5.73 Å². The second-order valence-corrected chi connectivity index (χ2v) is 6.55. The molecule has 8 heteroatoms. The Morgan fingerprint density at radius 2 is 2.21 bits per heavy atom. The van der Waals surface area contributed by atoms with Crippen LogP contribution in [0.15, 0.2) is 24.3 Å². The average molecular weight is 383 g/mol. The van der Waals surface area contributed by atoms with E-state index in [2.05, 4.69) is 22.3 Å². The molecule has 1 aromatic carbocycles. The summed E-state index contributed by atoms with van der Waals surface area (Å²) < 4.78 is 1.74. The SMILES string of the molecule is C=O.CN(C)CC[C@@H](O)C#Cc1cccc(-n2nc(C(N)=O)c3c2CCN3)c1. The lowest BCUT2D eigenvalue weighted by molar-refractivity contribution is -0.0980. The highest BCUT2D eigenvalue weighted by Crippen LogP contribution is 2.28. The van der Waals surface area contributed by atoms with Gasteiger partial charge >= 0.3 is 0 Å². The Bertz CT molecular complexity index is 895. The number of fused-ring (bicyclic) bond motifs is 1. The van der Waals surface area contributed by atoms with Gasteiger partial charge < -0.3 is 25.9 Å². The number of rotatable bonds is 5. The summed E-state index contributed by atoms with van der Waals surface area (Å²) in [4.78, 5) is 21.6. The van der Waals surface area contributed by atoms with Gasteiger partial charge in [-0.3, -0.25) is 4.79 Å². The van der Waals surface area contributed by atoms with Crippen molar-refractivity contribution in [3.05, 3.63) is 41.2 Å². The molecule has 0 saturated carbocycles.